The minimum atomic E-state index is -0.551. The standard InChI is InChI=1S/C14H14N2O2/c1-2-18-14(17)10(8-15)7-11-9-16-13-6-4-3-5-12(11)13/h3-7,11,16H,2,9H2,1H3. The molecule has 1 aliphatic heterocycles. The first-order chi connectivity index (χ1) is 8.76. The van der Waals surface area contributed by atoms with Gasteiger partial charge in [0.15, 0.2) is 0 Å². The third-order valence-electron chi connectivity index (χ3n) is 2.86. The van der Waals surface area contributed by atoms with Gasteiger partial charge in [0.05, 0.1) is 6.61 Å². The van der Waals surface area contributed by atoms with Gasteiger partial charge in [0, 0.05) is 18.2 Å². The van der Waals surface area contributed by atoms with Gasteiger partial charge >= 0.3 is 5.97 Å². The normalized spacial score (nSPS) is 17.6. The Morgan fingerprint density at radius 1 is 1.61 bits per heavy atom. The largest absolute Gasteiger partial charge is 0.462 e. The van der Waals surface area contributed by atoms with Gasteiger partial charge in [-0.15, -0.1) is 0 Å². The maximum atomic E-state index is 11.5. The van der Waals surface area contributed by atoms with E-state index >= 15 is 0 Å². The number of nitrogens with zero attached hydrogens (tertiary/aromatic N) is 1. The quantitative estimate of drug-likeness (QED) is 0.501. The highest BCUT2D eigenvalue weighted by atomic mass is 16.5. The van der Waals surface area contributed by atoms with Crippen molar-refractivity contribution in [3.05, 3.63) is 41.5 Å². The summed E-state index contributed by atoms with van der Waals surface area (Å²) in [5.74, 6) is -0.510. The lowest BCUT2D eigenvalue weighted by molar-refractivity contribution is -0.138. The van der Waals surface area contributed by atoms with E-state index in [9.17, 15) is 4.79 Å². The molecule has 4 heteroatoms. The Morgan fingerprint density at radius 3 is 3.11 bits per heavy atom. The van der Waals surface area contributed by atoms with Crippen LogP contribution in [0.15, 0.2) is 35.9 Å². The number of nitrogens with one attached hydrogen (secondary N) is 1. The Hall–Kier alpha value is -2.28. The Morgan fingerprint density at radius 2 is 2.39 bits per heavy atom. The summed E-state index contributed by atoms with van der Waals surface area (Å²) in [6.07, 6.45) is 1.68. The second-order valence-corrected chi connectivity index (χ2v) is 3.99. The van der Waals surface area contributed by atoms with E-state index in [2.05, 4.69) is 5.32 Å². The molecular formula is C14H14N2O2. The number of ether oxygens (including phenoxy) is 1. The van der Waals surface area contributed by atoms with Gasteiger partial charge in [-0.3, -0.25) is 0 Å². The van der Waals surface area contributed by atoms with Crippen molar-refractivity contribution >= 4 is 11.7 Å². The molecule has 1 aliphatic rings. The van der Waals surface area contributed by atoms with E-state index in [1.165, 1.54) is 0 Å². The zero-order chi connectivity index (χ0) is 13.0. The topological polar surface area (TPSA) is 62.1 Å². The number of esters is 1. The van der Waals surface area contributed by atoms with Crippen LogP contribution in [-0.2, 0) is 9.53 Å². The number of rotatable bonds is 3. The van der Waals surface area contributed by atoms with Gasteiger partial charge in [-0.1, -0.05) is 18.2 Å². The third-order valence-corrected chi connectivity index (χ3v) is 2.86. The number of fused-ring (bicyclic) bond motifs is 1. The molecule has 1 aromatic carbocycles. The van der Waals surface area contributed by atoms with Crippen LogP contribution in [0.3, 0.4) is 0 Å². The van der Waals surface area contributed by atoms with Gasteiger partial charge in [-0.05, 0) is 24.6 Å². The highest BCUT2D eigenvalue weighted by Gasteiger charge is 2.22. The van der Waals surface area contributed by atoms with Gasteiger partial charge in [-0.2, -0.15) is 5.26 Å². The zero-order valence-corrected chi connectivity index (χ0v) is 10.1. The average Bonchev–Trinajstić information content (AvgIpc) is 2.79. The first-order valence-electron chi connectivity index (χ1n) is 5.88. The van der Waals surface area contributed by atoms with Crippen molar-refractivity contribution in [3.63, 3.8) is 0 Å². The number of carbonyl (C=O) groups excluding carboxylic acids is 1. The van der Waals surface area contributed by atoms with E-state index < -0.39 is 5.97 Å². The second kappa shape index (κ2) is 5.37. The molecule has 0 saturated carbocycles. The first kappa shape index (κ1) is 12.2. The van der Waals surface area contributed by atoms with Crippen molar-refractivity contribution in [1.29, 1.82) is 5.26 Å². The van der Waals surface area contributed by atoms with E-state index in [1.807, 2.05) is 30.3 Å². The first-order valence-corrected chi connectivity index (χ1v) is 5.88. The highest BCUT2D eigenvalue weighted by molar-refractivity contribution is 5.93. The Kier molecular flexibility index (Phi) is 3.63. The van der Waals surface area contributed by atoms with Gasteiger partial charge < -0.3 is 10.1 Å². The van der Waals surface area contributed by atoms with Crippen LogP contribution in [0.25, 0.3) is 0 Å². The molecule has 0 aliphatic carbocycles. The van der Waals surface area contributed by atoms with E-state index in [-0.39, 0.29) is 18.1 Å². The van der Waals surface area contributed by atoms with Crippen molar-refractivity contribution < 1.29 is 9.53 Å². The fourth-order valence-electron chi connectivity index (χ4n) is 2.02. The lowest BCUT2D eigenvalue weighted by Crippen LogP contribution is -2.09. The third kappa shape index (κ3) is 2.35. The highest BCUT2D eigenvalue weighted by Crippen LogP contribution is 2.32. The molecule has 1 unspecified atom stereocenters. The molecule has 1 N–H and O–H groups in total. The van der Waals surface area contributed by atoms with Crippen LogP contribution in [0.1, 0.15) is 18.4 Å². The van der Waals surface area contributed by atoms with Crippen molar-refractivity contribution in [2.45, 2.75) is 12.8 Å². The van der Waals surface area contributed by atoms with Crippen LogP contribution in [-0.4, -0.2) is 19.1 Å². The van der Waals surface area contributed by atoms with Crippen LogP contribution in [0.4, 0.5) is 5.69 Å². The minimum absolute atomic E-state index is 0.0419. The van der Waals surface area contributed by atoms with Crippen molar-refractivity contribution in [2.75, 3.05) is 18.5 Å². The second-order valence-electron chi connectivity index (χ2n) is 3.99. The van der Waals surface area contributed by atoms with Crippen LogP contribution >= 0.6 is 0 Å². The predicted molar refractivity (Wildman–Crippen MR) is 68.0 cm³/mol. The maximum absolute atomic E-state index is 11.5. The predicted octanol–water partition coefficient (Wildman–Crippen LogP) is 2.21. The number of hydrogen-bond donors (Lipinski definition) is 1. The minimum Gasteiger partial charge on any atom is -0.462 e. The lowest BCUT2D eigenvalue weighted by Gasteiger charge is -2.05. The van der Waals surface area contributed by atoms with E-state index in [4.69, 9.17) is 10.00 Å². The number of hydrogen-bond acceptors (Lipinski definition) is 4. The average molecular weight is 242 g/mol. The molecule has 1 heterocycles. The number of anilines is 1. The van der Waals surface area contributed by atoms with Crippen LogP contribution in [0.2, 0.25) is 0 Å². The van der Waals surface area contributed by atoms with Gasteiger partial charge in [-0.25, -0.2) is 4.79 Å². The fraction of sp³-hybridized carbons (Fsp3) is 0.286. The summed E-state index contributed by atoms with van der Waals surface area (Å²) in [7, 11) is 0. The van der Waals surface area contributed by atoms with E-state index in [0.717, 1.165) is 11.3 Å². The zero-order valence-electron chi connectivity index (χ0n) is 10.1. The fourth-order valence-corrected chi connectivity index (χ4v) is 2.02. The Balaban J connectivity index is 2.24. The number of carbonyl (C=O) groups is 1. The summed E-state index contributed by atoms with van der Waals surface area (Å²) < 4.78 is 4.84. The maximum Gasteiger partial charge on any atom is 0.348 e. The summed E-state index contributed by atoms with van der Waals surface area (Å²) >= 11 is 0. The summed E-state index contributed by atoms with van der Waals surface area (Å²) in [6.45, 7) is 2.70. The van der Waals surface area contributed by atoms with Crippen LogP contribution < -0.4 is 5.32 Å². The molecule has 0 saturated heterocycles. The number of nitriles is 1. The molecular weight excluding hydrogens is 228 g/mol. The molecule has 4 nitrogen and oxygen atoms in total. The van der Waals surface area contributed by atoms with Crippen molar-refractivity contribution in [1.82, 2.24) is 0 Å². The molecule has 18 heavy (non-hydrogen) atoms. The molecule has 0 radical (unpaired) electrons. The van der Waals surface area contributed by atoms with Gasteiger partial charge in [0.1, 0.15) is 11.6 Å². The van der Waals surface area contributed by atoms with E-state index in [0.29, 0.717) is 6.54 Å². The van der Waals surface area contributed by atoms with Gasteiger partial charge in [0.25, 0.3) is 0 Å². The van der Waals surface area contributed by atoms with E-state index in [1.54, 1.807) is 13.0 Å². The van der Waals surface area contributed by atoms with Crippen molar-refractivity contribution in [3.8, 4) is 6.07 Å². The summed E-state index contributed by atoms with van der Waals surface area (Å²) in [4.78, 5) is 11.5. The Bertz CT molecular complexity index is 529. The lowest BCUT2D eigenvalue weighted by atomic mass is 9.99. The smallest absolute Gasteiger partial charge is 0.348 e. The molecule has 2 rings (SSSR count). The molecule has 1 aromatic rings. The molecule has 0 fully saturated rings. The van der Waals surface area contributed by atoms with Gasteiger partial charge in [0.2, 0.25) is 0 Å². The molecule has 0 aromatic heterocycles. The number of para-hydroxylation sites is 1. The summed E-state index contributed by atoms with van der Waals surface area (Å²) in [5.41, 5.74) is 2.23. The summed E-state index contributed by atoms with van der Waals surface area (Å²) in [5, 5.41) is 12.2. The van der Waals surface area contributed by atoms with Crippen LogP contribution in [0, 0.1) is 11.3 Å². The molecule has 0 spiro atoms. The Labute approximate surface area is 106 Å². The SMILES string of the molecule is CCOC(=O)C(C#N)=CC1CNc2ccccc21. The molecule has 92 valence electrons. The number of benzene rings is 1. The molecule has 1 atom stereocenters. The molecule has 0 bridgehead atoms. The summed E-state index contributed by atoms with van der Waals surface area (Å²) in [6, 6.07) is 9.79. The van der Waals surface area contributed by atoms with Crippen molar-refractivity contribution in [2.24, 2.45) is 0 Å². The monoisotopic (exact) mass is 242 g/mol. The van der Waals surface area contributed by atoms with Crippen LogP contribution in [0.5, 0.6) is 0 Å². The molecule has 0 amide bonds.